The molecule has 0 bridgehead atoms. The van der Waals surface area contributed by atoms with E-state index in [2.05, 4.69) is 5.10 Å². The second kappa shape index (κ2) is 6.19. The van der Waals surface area contributed by atoms with Gasteiger partial charge in [0.05, 0.1) is 11.3 Å². The lowest BCUT2D eigenvalue weighted by atomic mass is 9.93. The Kier molecular flexibility index (Phi) is 4.58. The van der Waals surface area contributed by atoms with Gasteiger partial charge in [-0.2, -0.15) is 5.10 Å². The highest BCUT2D eigenvalue weighted by Crippen LogP contribution is 2.22. The van der Waals surface area contributed by atoms with Crippen molar-refractivity contribution in [1.82, 2.24) is 14.7 Å². The summed E-state index contributed by atoms with van der Waals surface area (Å²) < 4.78 is 1.73. The molecule has 19 heavy (non-hydrogen) atoms. The number of rotatable bonds is 4. The highest BCUT2D eigenvalue weighted by molar-refractivity contribution is 5.95. The van der Waals surface area contributed by atoms with E-state index in [1.807, 2.05) is 25.1 Å². The third-order valence-electron chi connectivity index (χ3n) is 3.95. The molecule has 0 radical (unpaired) electrons. The average molecular weight is 264 g/mol. The summed E-state index contributed by atoms with van der Waals surface area (Å²) in [6, 6.07) is 0. The summed E-state index contributed by atoms with van der Waals surface area (Å²) >= 11 is 0. The van der Waals surface area contributed by atoms with Gasteiger partial charge in [0.2, 0.25) is 0 Å². The molecule has 0 saturated carbocycles. The zero-order chi connectivity index (χ0) is 13.8. The molecule has 2 heterocycles. The molecule has 2 rings (SSSR count). The Hall–Kier alpha value is -1.36. The number of likely N-dealkylation sites (tertiary alicyclic amines) is 1. The van der Waals surface area contributed by atoms with Crippen LogP contribution >= 0.6 is 0 Å². The number of amides is 1. The third kappa shape index (κ3) is 3.15. The molecule has 106 valence electrons. The molecule has 0 aromatic carbocycles. The fourth-order valence-electron chi connectivity index (χ4n) is 2.81. The van der Waals surface area contributed by atoms with Crippen molar-refractivity contribution in [2.24, 2.45) is 18.7 Å². The predicted octanol–water partition coefficient (Wildman–Crippen LogP) is 1.18. The van der Waals surface area contributed by atoms with Crippen molar-refractivity contribution in [3.63, 3.8) is 0 Å². The van der Waals surface area contributed by atoms with Crippen molar-refractivity contribution < 1.29 is 4.79 Å². The molecule has 0 aliphatic carbocycles. The Morgan fingerprint density at radius 3 is 2.74 bits per heavy atom. The van der Waals surface area contributed by atoms with Gasteiger partial charge in [0.15, 0.2) is 0 Å². The lowest BCUT2D eigenvalue weighted by Crippen LogP contribution is -2.39. The Labute approximate surface area is 114 Å². The van der Waals surface area contributed by atoms with Crippen molar-refractivity contribution >= 4 is 5.91 Å². The zero-order valence-corrected chi connectivity index (χ0v) is 11.9. The Bertz CT molecular complexity index is 433. The van der Waals surface area contributed by atoms with Crippen LogP contribution in [0.5, 0.6) is 0 Å². The van der Waals surface area contributed by atoms with Gasteiger partial charge in [0.25, 0.3) is 5.91 Å². The summed E-state index contributed by atoms with van der Waals surface area (Å²) in [7, 11) is 1.86. The average Bonchev–Trinajstić information content (AvgIpc) is 2.80. The van der Waals surface area contributed by atoms with Crippen molar-refractivity contribution in [1.29, 1.82) is 0 Å². The third-order valence-corrected chi connectivity index (χ3v) is 3.95. The molecule has 5 heteroatoms. The standard InChI is InChI=1S/C14H24N4O/c1-3-13-12(10-17(2)16-13)14(19)18-8-5-11(4-7-15)6-9-18/h10-11H,3-9,15H2,1-2H3. The van der Waals surface area contributed by atoms with Gasteiger partial charge in [-0.15, -0.1) is 0 Å². The number of hydrogen-bond donors (Lipinski definition) is 1. The van der Waals surface area contributed by atoms with E-state index in [0.717, 1.165) is 56.6 Å². The summed E-state index contributed by atoms with van der Waals surface area (Å²) in [4.78, 5) is 14.5. The van der Waals surface area contributed by atoms with Gasteiger partial charge >= 0.3 is 0 Å². The normalized spacial score (nSPS) is 16.9. The van der Waals surface area contributed by atoms with Crippen LogP contribution in [-0.2, 0) is 13.5 Å². The number of hydrogen-bond acceptors (Lipinski definition) is 3. The molecule has 1 aromatic rings. The molecule has 1 aromatic heterocycles. The molecule has 1 fully saturated rings. The molecular weight excluding hydrogens is 240 g/mol. The van der Waals surface area contributed by atoms with E-state index in [4.69, 9.17) is 5.73 Å². The van der Waals surface area contributed by atoms with Gasteiger partial charge < -0.3 is 10.6 Å². The zero-order valence-electron chi connectivity index (χ0n) is 11.9. The molecule has 0 atom stereocenters. The molecule has 1 amide bonds. The summed E-state index contributed by atoms with van der Waals surface area (Å²) in [5.41, 5.74) is 7.26. The van der Waals surface area contributed by atoms with E-state index in [1.54, 1.807) is 4.68 Å². The Morgan fingerprint density at radius 2 is 2.16 bits per heavy atom. The highest BCUT2D eigenvalue weighted by Gasteiger charge is 2.25. The number of aryl methyl sites for hydroxylation is 2. The fraction of sp³-hybridized carbons (Fsp3) is 0.714. The van der Waals surface area contributed by atoms with Crippen molar-refractivity contribution in [3.05, 3.63) is 17.5 Å². The number of carbonyl (C=O) groups excluding carboxylic acids is 1. The van der Waals surface area contributed by atoms with E-state index >= 15 is 0 Å². The Morgan fingerprint density at radius 1 is 1.47 bits per heavy atom. The van der Waals surface area contributed by atoms with Crippen LogP contribution in [0.15, 0.2) is 6.20 Å². The van der Waals surface area contributed by atoms with Crippen molar-refractivity contribution in [2.45, 2.75) is 32.6 Å². The van der Waals surface area contributed by atoms with Crippen LogP contribution in [0.1, 0.15) is 42.2 Å². The second-order valence-electron chi connectivity index (χ2n) is 5.33. The van der Waals surface area contributed by atoms with Gasteiger partial charge in [-0.3, -0.25) is 9.48 Å². The van der Waals surface area contributed by atoms with Crippen LogP contribution in [0, 0.1) is 5.92 Å². The lowest BCUT2D eigenvalue weighted by Gasteiger charge is -2.31. The quantitative estimate of drug-likeness (QED) is 0.888. The van der Waals surface area contributed by atoms with Crippen molar-refractivity contribution in [2.75, 3.05) is 19.6 Å². The maximum Gasteiger partial charge on any atom is 0.257 e. The first kappa shape index (κ1) is 14.1. The molecular formula is C14H24N4O. The van der Waals surface area contributed by atoms with Gasteiger partial charge in [0, 0.05) is 26.3 Å². The smallest absolute Gasteiger partial charge is 0.257 e. The van der Waals surface area contributed by atoms with Crippen LogP contribution in [0.25, 0.3) is 0 Å². The molecule has 1 aliphatic rings. The van der Waals surface area contributed by atoms with E-state index < -0.39 is 0 Å². The number of aromatic nitrogens is 2. The SMILES string of the molecule is CCc1nn(C)cc1C(=O)N1CCC(CCN)CC1. The van der Waals surface area contributed by atoms with Gasteiger partial charge in [-0.25, -0.2) is 0 Å². The first-order chi connectivity index (χ1) is 9.15. The summed E-state index contributed by atoms with van der Waals surface area (Å²) in [5, 5.41) is 4.34. The minimum Gasteiger partial charge on any atom is -0.339 e. The molecule has 2 N–H and O–H groups in total. The molecule has 1 aliphatic heterocycles. The van der Waals surface area contributed by atoms with E-state index in [-0.39, 0.29) is 5.91 Å². The molecule has 1 saturated heterocycles. The summed E-state index contributed by atoms with van der Waals surface area (Å²) in [5.74, 6) is 0.824. The summed E-state index contributed by atoms with van der Waals surface area (Å²) in [6.07, 6.45) is 5.86. The van der Waals surface area contributed by atoms with Crippen LogP contribution in [0.2, 0.25) is 0 Å². The van der Waals surface area contributed by atoms with E-state index in [9.17, 15) is 4.79 Å². The predicted molar refractivity (Wildman–Crippen MR) is 74.9 cm³/mol. The van der Waals surface area contributed by atoms with Crippen LogP contribution in [0.4, 0.5) is 0 Å². The summed E-state index contributed by atoms with van der Waals surface area (Å²) in [6.45, 7) is 4.48. The van der Waals surface area contributed by atoms with Crippen molar-refractivity contribution in [3.8, 4) is 0 Å². The first-order valence-electron chi connectivity index (χ1n) is 7.17. The fourth-order valence-corrected chi connectivity index (χ4v) is 2.81. The van der Waals surface area contributed by atoms with E-state index in [1.165, 1.54) is 0 Å². The first-order valence-corrected chi connectivity index (χ1v) is 7.17. The number of nitrogens with zero attached hydrogens (tertiary/aromatic N) is 3. The highest BCUT2D eigenvalue weighted by atomic mass is 16.2. The second-order valence-corrected chi connectivity index (χ2v) is 5.33. The maximum absolute atomic E-state index is 12.5. The minimum atomic E-state index is 0.135. The lowest BCUT2D eigenvalue weighted by molar-refractivity contribution is 0.0687. The van der Waals surface area contributed by atoms with Gasteiger partial charge in [-0.1, -0.05) is 6.92 Å². The van der Waals surface area contributed by atoms with Gasteiger partial charge in [-0.05, 0) is 38.1 Å². The molecule has 0 unspecified atom stereocenters. The molecule has 5 nitrogen and oxygen atoms in total. The Balaban J connectivity index is 2.01. The number of carbonyl (C=O) groups is 1. The largest absolute Gasteiger partial charge is 0.339 e. The van der Waals surface area contributed by atoms with Gasteiger partial charge in [0.1, 0.15) is 0 Å². The molecule has 0 spiro atoms. The topological polar surface area (TPSA) is 64.2 Å². The number of piperidine rings is 1. The monoisotopic (exact) mass is 264 g/mol. The number of nitrogens with two attached hydrogens (primary N) is 1. The minimum absolute atomic E-state index is 0.135. The van der Waals surface area contributed by atoms with E-state index in [0.29, 0.717) is 5.92 Å². The van der Waals surface area contributed by atoms with Crippen LogP contribution in [-0.4, -0.2) is 40.2 Å². The van der Waals surface area contributed by atoms with Crippen LogP contribution in [0.3, 0.4) is 0 Å². The van der Waals surface area contributed by atoms with Crippen LogP contribution < -0.4 is 5.73 Å². The maximum atomic E-state index is 12.5.